The molecule has 5 nitrogen and oxygen atoms in total. The minimum atomic E-state index is -0.406. The standard InChI is InChI=1S/C22H24N2O3/c1-12-18(21(26)27-4)19(14-5-6-15-13(9-14)7-8-23-15)20-16(24-12)10-22(2,3)11-17(20)25/h5-9,19,23-24H,10-11H2,1-4H3/t19-/m1/s1. The maximum atomic E-state index is 13.1. The highest BCUT2D eigenvalue weighted by Gasteiger charge is 2.43. The first-order valence-electron chi connectivity index (χ1n) is 9.20. The van der Waals surface area contributed by atoms with Gasteiger partial charge in [-0.2, -0.15) is 0 Å². The van der Waals surface area contributed by atoms with Gasteiger partial charge in [-0.05, 0) is 47.9 Å². The maximum Gasteiger partial charge on any atom is 0.336 e. The Labute approximate surface area is 158 Å². The fraction of sp³-hybridized carbons (Fsp3) is 0.364. The Bertz CT molecular complexity index is 1020. The lowest BCUT2D eigenvalue weighted by molar-refractivity contribution is -0.136. The van der Waals surface area contributed by atoms with Crippen molar-refractivity contribution in [2.75, 3.05) is 7.11 Å². The van der Waals surface area contributed by atoms with Gasteiger partial charge in [0.1, 0.15) is 0 Å². The largest absolute Gasteiger partial charge is 0.466 e. The fourth-order valence-electron chi connectivity index (χ4n) is 4.40. The molecule has 1 aromatic carbocycles. The van der Waals surface area contributed by atoms with Crippen LogP contribution in [0.2, 0.25) is 0 Å². The molecule has 2 aromatic rings. The first kappa shape index (κ1) is 17.6. The summed E-state index contributed by atoms with van der Waals surface area (Å²) in [5, 5.41) is 4.39. The van der Waals surface area contributed by atoms with Crippen LogP contribution in [0.25, 0.3) is 10.9 Å². The molecule has 0 saturated heterocycles. The summed E-state index contributed by atoms with van der Waals surface area (Å²) in [5.74, 6) is -0.707. The molecule has 2 N–H and O–H groups in total. The summed E-state index contributed by atoms with van der Waals surface area (Å²) >= 11 is 0. The van der Waals surface area contributed by atoms with Crippen LogP contribution in [0, 0.1) is 5.41 Å². The highest BCUT2D eigenvalue weighted by molar-refractivity contribution is 6.04. The number of rotatable bonds is 2. The molecular formula is C22H24N2O3. The Morgan fingerprint density at radius 2 is 2.00 bits per heavy atom. The van der Waals surface area contributed by atoms with E-state index < -0.39 is 11.9 Å². The SMILES string of the molecule is COC(=O)C1=C(C)NC2=C(C(=O)CC(C)(C)C2)[C@@H]1c1ccc2[nH]ccc2c1. The third-order valence-electron chi connectivity index (χ3n) is 5.56. The number of hydrogen-bond acceptors (Lipinski definition) is 4. The number of carbonyl (C=O) groups excluding carboxylic acids is 2. The molecule has 140 valence electrons. The van der Waals surface area contributed by atoms with Crippen LogP contribution in [0.5, 0.6) is 0 Å². The van der Waals surface area contributed by atoms with Gasteiger partial charge in [0.05, 0.1) is 12.7 Å². The number of hydrogen-bond donors (Lipinski definition) is 2. The molecular weight excluding hydrogens is 340 g/mol. The second-order valence-corrected chi connectivity index (χ2v) is 8.25. The van der Waals surface area contributed by atoms with Gasteiger partial charge in [-0.15, -0.1) is 0 Å². The van der Waals surface area contributed by atoms with Gasteiger partial charge in [0.15, 0.2) is 5.78 Å². The van der Waals surface area contributed by atoms with Crippen molar-refractivity contribution in [3.8, 4) is 0 Å². The predicted octanol–water partition coefficient (Wildman–Crippen LogP) is 3.94. The number of fused-ring (bicyclic) bond motifs is 1. The van der Waals surface area contributed by atoms with Crippen molar-refractivity contribution in [2.45, 2.75) is 39.5 Å². The number of allylic oxidation sites excluding steroid dienone is 3. The van der Waals surface area contributed by atoms with Gasteiger partial charge in [-0.25, -0.2) is 4.79 Å². The Kier molecular flexibility index (Phi) is 3.98. The maximum absolute atomic E-state index is 13.1. The number of Topliss-reactive ketones (excluding diaryl/α,β-unsaturated/α-hetero) is 1. The highest BCUT2D eigenvalue weighted by Crippen LogP contribution is 2.47. The molecule has 0 radical (unpaired) electrons. The molecule has 0 amide bonds. The van der Waals surface area contributed by atoms with Crippen molar-refractivity contribution in [1.82, 2.24) is 10.3 Å². The lowest BCUT2D eigenvalue weighted by atomic mass is 9.68. The molecule has 2 heterocycles. The molecule has 1 aliphatic carbocycles. The smallest absolute Gasteiger partial charge is 0.336 e. The van der Waals surface area contributed by atoms with E-state index in [-0.39, 0.29) is 11.2 Å². The van der Waals surface area contributed by atoms with Crippen LogP contribution in [0.4, 0.5) is 0 Å². The summed E-state index contributed by atoms with van der Waals surface area (Å²) in [5.41, 5.74) is 4.77. The average molecular weight is 364 g/mol. The molecule has 4 rings (SSSR count). The van der Waals surface area contributed by atoms with Gasteiger partial charge >= 0.3 is 5.97 Å². The third-order valence-corrected chi connectivity index (χ3v) is 5.56. The number of carbonyl (C=O) groups is 2. The van der Waals surface area contributed by atoms with Gasteiger partial charge in [0, 0.05) is 41.0 Å². The number of esters is 1. The van der Waals surface area contributed by atoms with Crippen LogP contribution >= 0.6 is 0 Å². The molecule has 1 aliphatic heterocycles. The van der Waals surface area contributed by atoms with Gasteiger partial charge < -0.3 is 15.0 Å². The molecule has 1 aromatic heterocycles. The number of benzene rings is 1. The molecule has 5 heteroatoms. The van der Waals surface area contributed by atoms with E-state index in [9.17, 15) is 9.59 Å². The first-order chi connectivity index (χ1) is 12.8. The molecule has 0 unspecified atom stereocenters. The number of dihydropyridines is 1. The van der Waals surface area contributed by atoms with Crippen molar-refractivity contribution in [3.05, 3.63) is 58.6 Å². The minimum Gasteiger partial charge on any atom is -0.466 e. The summed E-state index contributed by atoms with van der Waals surface area (Å²) in [6.45, 7) is 6.09. The second kappa shape index (κ2) is 6.12. The van der Waals surface area contributed by atoms with Crippen molar-refractivity contribution in [3.63, 3.8) is 0 Å². The zero-order valence-corrected chi connectivity index (χ0v) is 16.1. The van der Waals surface area contributed by atoms with Crippen LogP contribution < -0.4 is 5.32 Å². The number of ketones is 1. The lowest BCUT2D eigenvalue weighted by Crippen LogP contribution is -2.38. The number of nitrogens with one attached hydrogen (secondary N) is 2. The van der Waals surface area contributed by atoms with E-state index in [1.165, 1.54) is 7.11 Å². The van der Waals surface area contributed by atoms with Crippen molar-refractivity contribution >= 4 is 22.7 Å². The summed E-state index contributed by atoms with van der Waals surface area (Å²) < 4.78 is 5.06. The van der Waals surface area contributed by atoms with E-state index in [0.29, 0.717) is 17.6 Å². The molecule has 0 saturated carbocycles. The van der Waals surface area contributed by atoms with E-state index in [0.717, 1.165) is 34.3 Å². The normalized spacial score (nSPS) is 21.9. The summed E-state index contributed by atoms with van der Waals surface area (Å²) in [6, 6.07) is 8.03. The number of H-pyrrole nitrogens is 1. The second-order valence-electron chi connectivity index (χ2n) is 8.25. The average Bonchev–Trinajstić information content (AvgIpc) is 3.06. The highest BCUT2D eigenvalue weighted by atomic mass is 16.5. The zero-order chi connectivity index (χ0) is 19.3. The van der Waals surface area contributed by atoms with Crippen molar-refractivity contribution in [1.29, 1.82) is 0 Å². The van der Waals surface area contributed by atoms with Crippen LogP contribution in [0.3, 0.4) is 0 Å². The van der Waals surface area contributed by atoms with Gasteiger partial charge in [0.25, 0.3) is 0 Å². The first-order valence-corrected chi connectivity index (χ1v) is 9.20. The Balaban J connectivity index is 1.93. The minimum absolute atomic E-state index is 0.0961. The van der Waals surface area contributed by atoms with E-state index in [2.05, 4.69) is 30.2 Å². The quantitative estimate of drug-likeness (QED) is 0.792. The van der Waals surface area contributed by atoms with Crippen molar-refractivity contribution < 1.29 is 14.3 Å². The summed E-state index contributed by atoms with van der Waals surface area (Å²) in [7, 11) is 1.38. The van der Waals surface area contributed by atoms with Gasteiger partial charge in [-0.1, -0.05) is 19.9 Å². The number of ether oxygens (including phenoxy) is 1. The van der Waals surface area contributed by atoms with Crippen LogP contribution in [0.15, 0.2) is 53.0 Å². The van der Waals surface area contributed by atoms with Gasteiger partial charge in [-0.3, -0.25) is 4.79 Å². The molecule has 0 bridgehead atoms. The fourth-order valence-corrected chi connectivity index (χ4v) is 4.40. The van der Waals surface area contributed by atoms with E-state index >= 15 is 0 Å². The zero-order valence-electron chi connectivity index (χ0n) is 16.1. The van der Waals surface area contributed by atoms with Crippen LogP contribution in [-0.4, -0.2) is 23.8 Å². The Morgan fingerprint density at radius 3 is 2.74 bits per heavy atom. The molecule has 0 spiro atoms. The number of aromatic amines is 1. The van der Waals surface area contributed by atoms with E-state index in [1.54, 1.807) is 0 Å². The molecule has 27 heavy (non-hydrogen) atoms. The van der Waals surface area contributed by atoms with E-state index in [4.69, 9.17) is 4.74 Å². The van der Waals surface area contributed by atoms with Crippen LogP contribution in [-0.2, 0) is 14.3 Å². The Hall–Kier alpha value is -2.82. The summed E-state index contributed by atoms with van der Waals surface area (Å²) in [4.78, 5) is 28.9. The topological polar surface area (TPSA) is 71.2 Å². The summed E-state index contributed by atoms with van der Waals surface area (Å²) in [6.07, 6.45) is 3.14. The third kappa shape index (κ3) is 2.87. The van der Waals surface area contributed by atoms with Gasteiger partial charge in [0.2, 0.25) is 0 Å². The Morgan fingerprint density at radius 1 is 1.22 bits per heavy atom. The monoisotopic (exact) mass is 364 g/mol. The number of methoxy groups -OCH3 is 1. The predicted molar refractivity (Wildman–Crippen MR) is 104 cm³/mol. The van der Waals surface area contributed by atoms with Crippen LogP contribution in [0.1, 0.15) is 45.1 Å². The van der Waals surface area contributed by atoms with Crippen molar-refractivity contribution in [2.24, 2.45) is 5.41 Å². The lowest BCUT2D eigenvalue weighted by Gasteiger charge is -2.39. The molecule has 1 atom stereocenters. The molecule has 2 aliphatic rings. The number of aromatic nitrogens is 1. The molecule has 0 fully saturated rings. The van der Waals surface area contributed by atoms with E-state index in [1.807, 2.05) is 31.3 Å².